The molecule has 0 saturated carbocycles. The van der Waals surface area contributed by atoms with E-state index in [-0.39, 0.29) is 88.2 Å². The standard InChI is InChI=1S/C45H75NO14/c1-12-37-15-14-16-38(13-2)41(37)46-42(49)36(11)40(43(46)50)20-39(45(52)53-18-17-47)19-28(3)44(51)60-27-35(10)59-26-34(9)58-25-33(8)57-24-32(7)56-23-31(6)55-22-30(5)54-21-29(4)48/h14-16,28-36,39-40,47-48H,12-13,17-27H2,1-11H3. The zero-order chi connectivity index (χ0) is 44.9. The first-order valence-electron chi connectivity index (χ1n) is 21.7. The molecule has 0 spiro atoms. The number of esters is 2. The van der Waals surface area contributed by atoms with Gasteiger partial charge in [0.05, 0.1) is 112 Å². The molecule has 0 aromatic heterocycles. The molecule has 1 aliphatic heterocycles. The molecular weight excluding hydrogens is 778 g/mol. The highest BCUT2D eigenvalue weighted by molar-refractivity contribution is 6.22. The molecule has 2 rings (SSSR count). The molecule has 2 N–H and O–H groups in total. The van der Waals surface area contributed by atoms with Crippen LogP contribution in [0, 0.1) is 23.7 Å². The molecule has 1 aromatic rings. The molecule has 15 nitrogen and oxygen atoms in total. The number of amides is 2. The van der Waals surface area contributed by atoms with E-state index in [2.05, 4.69) is 0 Å². The quantitative estimate of drug-likeness (QED) is 0.0762. The van der Waals surface area contributed by atoms with Crippen LogP contribution in [0.25, 0.3) is 0 Å². The van der Waals surface area contributed by atoms with E-state index >= 15 is 0 Å². The van der Waals surface area contributed by atoms with Crippen LogP contribution in [-0.4, -0.2) is 136 Å². The number of imide groups is 1. The average Bonchev–Trinajstić information content (AvgIpc) is 3.43. The van der Waals surface area contributed by atoms with Crippen LogP contribution in [0.5, 0.6) is 0 Å². The Hall–Kier alpha value is -3.02. The molecule has 0 radical (unpaired) electrons. The van der Waals surface area contributed by atoms with E-state index in [1.165, 1.54) is 4.90 Å². The molecule has 2 amide bonds. The van der Waals surface area contributed by atoms with Crippen molar-refractivity contribution in [3.05, 3.63) is 29.3 Å². The zero-order valence-corrected chi connectivity index (χ0v) is 38.0. The number of hydrogen-bond donors (Lipinski definition) is 2. The molecule has 1 saturated heterocycles. The second-order valence-corrected chi connectivity index (χ2v) is 16.3. The van der Waals surface area contributed by atoms with Crippen LogP contribution in [0.15, 0.2) is 18.2 Å². The highest BCUT2D eigenvalue weighted by Gasteiger charge is 2.48. The second-order valence-electron chi connectivity index (χ2n) is 16.3. The Kier molecular flexibility index (Phi) is 24.6. The number of aryl methyl sites for hydroxylation is 2. The molecule has 15 heteroatoms. The van der Waals surface area contributed by atoms with Crippen LogP contribution in [0.3, 0.4) is 0 Å². The number of ether oxygens (including phenoxy) is 8. The van der Waals surface area contributed by atoms with Gasteiger partial charge < -0.3 is 48.1 Å². The van der Waals surface area contributed by atoms with Crippen LogP contribution in [-0.2, 0) is 69.9 Å². The molecule has 60 heavy (non-hydrogen) atoms. The number of hydrogen-bond acceptors (Lipinski definition) is 14. The van der Waals surface area contributed by atoms with Crippen LogP contribution < -0.4 is 4.90 Å². The van der Waals surface area contributed by atoms with Crippen molar-refractivity contribution in [1.29, 1.82) is 0 Å². The monoisotopic (exact) mass is 854 g/mol. The van der Waals surface area contributed by atoms with Gasteiger partial charge in [0.25, 0.3) is 0 Å². The Morgan fingerprint density at radius 2 is 1.08 bits per heavy atom. The fourth-order valence-electron chi connectivity index (χ4n) is 6.71. The van der Waals surface area contributed by atoms with E-state index in [0.29, 0.717) is 45.0 Å². The van der Waals surface area contributed by atoms with Gasteiger partial charge in [-0.2, -0.15) is 0 Å². The third-order valence-electron chi connectivity index (χ3n) is 10.3. The number of carbonyl (C=O) groups excluding carboxylic acids is 4. The molecule has 11 unspecified atom stereocenters. The lowest BCUT2D eigenvalue weighted by molar-refractivity contribution is -0.156. The molecule has 1 fully saturated rings. The van der Waals surface area contributed by atoms with Crippen LogP contribution in [0.4, 0.5) is 5.69 Å². The van der Waals surface area contributed by atoms with Gasteiger partial charge in [0.2, 0.25) is 11.8 Å². The van der Waals surface area contributed by atoms with Crippen molar-refractivity contribution in [2.24, 2.45) is 23.7 Å². The lowest BCUT2D eigenvalue weighted by Crippen LogP contribution is -2.34. The maximum absolute atomic E-state index is 13.9. The van der Waals surface area contributed by atoms with E-state index in [4.69, 9.17) is 37.9 Å². The van der Waals surface area contributed by atoms with Gasteiger partial charge in [0.15, 0.2) is 0 Å². The molecule has 344 valence electrons. The van der Waals surface area contributed by atoms with E-state index < -0.39 is 47.8 Å². The summed E-state index contributed by atoms with van der Waals surface area (Å²) in [5.74, 6) is -4.99. The second kappa shape index (κ2) is 27.8. The largest absolute Gasteiger partial charge is 0.463 e. The van der Waals surface area contributed by atoms with Crippen molar-refractivity contribution in [2.75, 3.05) is 64.4 Å². The van der Waals surface area contributed by atoms with Gasteiger partial charge in [-0.1, -0.05) is 45.9 Å². The lowest BCUT2D eigenvalue weighted by Gasteiger charge is -2.24. The van der Waals surface area contributed by atoms with Crippen LogP contribution in [0.2, 0.25) is 0 Å². The van der Waals surface area contributed by atoms with Gasteiger partial charge in [-0.15, -0.1) is 0 Å². The highest BCUT2D eigenvalue weighted by Crippen LogP contribution is 2.39. The number of anilines is 1. The third-order valence-corrected chi connectivity index (χ3v) is 10.3. The number of para-hydroxylation sites is 1. The number of nitrogens with zero attached hydrogens (tertiary/aromatic N) is 1. The van der Waals surface area contributed by atoms with Gasteiger partial charge in [0, 0.05) is 5.92 Å². The van der Waals surface area contributed by atoms with Crippen molar-refractivity contribution >= 4 is 29.4 Å². The summed E-state index contributed by atoms with van der Waals surface area (Å²) in [6.07, 6.45) is -0.510. The average molecular weight is 854 g/mol. The fourth-order valence-corrected chi connectivity index (χ4v) is 6.71. The predicted molar refractivity (Wildman–Crippen MR) is 225 cm³/mol. The van der Waals surface area contributed by atoms with E-state index in [1.54, 1.807) is 27.7 Å². The summed E-state index contributed by atoms with van der Waals surface area (Å²) in [4.78, 5) is 55.2. The molecule has 0 bridgehead atoms. The topological polar surface area (TPSA) is 186 Å². The first-order valence-corrected chi connectivity index (χ1v) is 21.7. The smallest absolute Gasteiger partial charge is 0.309 e. The lowest BCUT2D eigenvalue weighted by atomic mass is 9.83. The SMILES string of the molecule is CCc1cccc(CC)c1N1C(=O)C(C)C(CC(CC(C)C(=O)OCC(C)OCC(C)OCC(C)OCC(C)OCC(C)OCC(C)OCC(C)O)C(=O)OCCO)C1=O. The number of aliphatic hydroxyl groups excluding tert-OH is 2. The summed E-state index contributed by atoms with van der Waals surface area (Å²) < 4.78 is 45.6. The first kappa shape index (κ1) is 53.1. The summed E-state index contributed by atoms with van der Waals surface area (Å²) >= 11 is 0. The summed E-state index contributed by atoms with van der Waals surface area (Å²) in [6.45, 7) is 21.7. The fraction of sp³-hybridized carbons (Fsp3) is 0.778. The van der Waals surface area contributed by atoms with E-state index in [9.17, 15) is 29.4 Å². The minimum atomic E-state index is -0.893. The van der Waals surface area contributed by atoms with Gasteiger partial charge in [-0.25, -0.2) is 4.90 Å². The molecule has 1 heterocycles. The van der Waals surface area contributed by atoms with Crippen molar-refractivity contribution in [3.63, 3.8) is 0 Å². The summed E-state index contributed by atoms with van der Waals surface area (Å²) in [7, 11) is 0. The highest BCUT2D eigenvalue weighted by atomic mass is 16.6. The first-order chi connectivity index (χ1) is 28.4. The number of carbonyl (C=O) groups is 4. The maximum atomic E-state index is 13.9. The van der Waals surface area contributed by atoms with Crippen LogP contribution >= 0.6 is 0 Å². The minimum absolute atomic E-state index is 0.00567. The molecule has 1 aliphatic rings. The summed E-state index contributed by atoms with van der Waals surface area (Å²) in [6, 6.07) is 5.75. The molecular formula is C45H75NO14. The van der Waals surface area contributed by atoms with E-state index in [1.807, 2.05) is 66.7 Å². The Bertz CT molecular complexity index is 1420. The Morgan fingerprint density at radius 3 is 1.50 bits per heavy atom. The van der Waals surface area contributed by atoms with Gasteiger partial charge in [-0.05, 0) is 85.3 Å². The Labute approximate surface area is 358 Å². The van der Waals surface area contributed by atoms with Crippen molar-refractivity contribution in [2.45, 2.75) is 145 Å². The predicted octanol–water partition coefficient (Wildman–Crippen LogP) is 4.86. The van der Waals surface area contributed by atoms with Gasteiger partial charge >= 0.3 is 11.9 Å². The number of rotatable bonds is 31. The van der Waals surface area contributed by atoms with Crippen molar-refractivity contribution in [1.82, 2.24) is 0 Å². The molecule has 11 atom stereocenters. The minimum Gasteiger partial charge on any atom is -0.463 e. The zero-order valence-electron chi connectivity index (χ0n) is 38.0. The van der Waals surface area contributed by atoms with Crippen LogP contribution in [0.1, 0.15) is 100 Å². The van der Waals surface area contributed by atoms with Gasteiger partial charge in [0.1, 0.15) is 13.2 Å². The Balaban J connectivity index is 1.80. The molecule has 1 aromatic carbocycles. The maximum Gasteiger partial charge on any atom is 0.309 e. The molecule has 0 aliphatic carbocycles. The number of aliphatic hydroxyl groups is 2. The van der Waals surface area contributed by atoms with E-state index in [0.717, 1.165) is 11.1 Å². The Morgan fingerprint density at radius 1 is 0.650 bits per heavy atom. The normalized spacial score (nSPS) is 20.2. The summed E-state index contributed by atoms with van der Waals surface area (Å²) in [5.41, 5.74) is 2.40. The third kappa shape index (κ3) is 18.1. The van der Waals surface area contributed by atoms with Gasteiger partial charge in [-0.3, -0.25) is 19.2 Å². The van der Waals surface area contributed by atoms with Crippen molar-refractivity contribution in [3.8, 4) is 0 Å². The number of benzene rings is 1. The van der Waals surface area contributed by atoms with Crippen molar-refractivity contribution < 1.29 is 67.3 Å². The summed E-state index contributed by atoms with van der Waals surface area (Å²) in [5, 5.41) is 18.6.